The van der Waals surface area contributed by atoms with Crippen LogP contribution in [0.4, 0.5) is 5.69 Å². The number of halogens is 2. The Balaban J connectivity index is 1.61. The van der Waals surface area contributed by atoms with Crippen molar-refractivity contribution in [2.75, 3.05) is 25.5 Å². The van der Waals surface area contributed by atoms with E-state index >= 15 is 0 Å². The van der Waals surface area contributed by atoms with Crippen LogP contribution in [0.25, 0.3) is 30.0 Å². The quantitative estimate of drug-likeness (QED) is 0.451. The first-order valence-corrected chi connectivity index (χ1v) is 11.6. The average molecular weight is 480 g/mol. The molecule has 33 heavy (non-hydrogen) atoms. The fourth-order valence-electron chi connectivity index (χ4n) is 3.88. The largest absolute Gasteiger partial charge is 0.312 e. The Morgan fingerprint density at radius 2 is 1.82 bits per heavy atom. The van der Waals surface area contributed by atoms with Crippen molar-refractivity contribution in [3.8, 4) is 16.8 Å². The van der Waals surface area contributed by atoms with Crippen molar-refractivity contribution in [2.24, 2.45) is 0 Å². The van der Waals surface area contributed by atoms with E-state index in [9.17, 15) is 4.79 Å². The van der Waals surface area contributed by atoms with Gasteiger partial charge >= 0.3 is 0 Å². The predicted molar refractivity (Wildman–Crippen MR) is 140 cm³/mol. The molecule has 1 fully saturated rings. The predicted octanol–water partition coefficient (Wildman–Crippen LogP) is 4.88. The van der Waals surface area contributed by atoms with Crippen molar-refractivity contribution in [1.82, 2.24) is 9.47 Å². The normalized spacial score (nSPS) is 13.7. The molecule has 1 amide bonds. The maximum absolute atomic E-state index is 12.7. The minimum atomic E-state index is -0.0792. The summed E-state index contributed by atoms with van der Waals surface area (Å²) in [7, 11) is 3.86. The number of amides is 1. The van der Waals surface area contributed by atoms with Crippen LogP contribution in [0.2, 0.25) is 10.2 Å². The van der Waals surface area contributed by atoms with Gasteiger partial charge in [-0.25, -0.2) is 0 Å². The van der Waals surface area contributed by atoms with Gasteiger partial charge in [0.25, 0.3) is 0 Å². The molecular formula is C27H27Cl2N3O. The lowest BCUT2D eigenvalue weighted by Crippen LogP contribution is -2.27. The highest BCUT2D eigenvalue weighted by atomic mass is 35.5. The molecule has 0 bridgehead atoms. The second-order valence-electron chi connectivity index (χ2n) is 8.42. The minimum absolute atomic E-state index is 0.0792. The van der Waals surface area contributed by atoms with E-state index in [1.807, 2.05) is 59.2 Å². The zero-order valence-electron chi connectivity index (χ0n) is 18.9. The second-order valence-corrected chi connectivity index (χ2v) is 9.22. The summed E-state index contributed by atoms with van der Waals surface area (Å²) in [6.07, 6.45) is 6.05. The third-order valence-electron chi connectivity index (χ3n) is 6.09. The minimum Gasteiger partial charge on any atom is -0.312 e. The molecule has 3 aromatic rings. The number of carbonyl (C=O) groups excluding carboxylic acids is 1. The van der Waals surface area contributed by atoms with Gasteiger partial charge in [0.1, 0.15) is 5.15 Å². The molecule has 0 radical (unpaired) electrons. The van der Waals surface area contributed by atoms with Crippen LogP contribution < -0.4 is 15.5 Å². The number of anilines is 1. The van der Waals surface area contributed by atoms with Crippen LogP contribution >= 0.6 is 23.2 Å². The van der Waals surface area contributed by atoms with Crippen LogP contribution in [0, 0.1) is 0 Å². The van der Waals surface area contributed by atoms with Gasteiger partial charge in [-0.2, -0.15) is 0 Å². The molecule has 0 spiro atoms. The van der Waals surface area contributed by atoms with Crippen molar-refractivity contribution in [3.63, 3.8) is 0 Å². The lowest BCUT2D eigenvalue weighted by molar-refractivity contribution is -0.113. The lowest BCUT2D eigenvalue weighted by Gasteiger charge is -2.18. The van der Waals surface area contributed by atoms with E-state index in [0.717, 1.165) is 34.3 Å². The van der Waals surface area contributed by atoms with Crippen molar-refractivity contribution < 1.29 is 4.79 Å². The van der Waals surface area contributed by atoms with E-state index in [0.29, 0.717) is 21.6 Å². The number of carbonyl (C=O) groups is 1. The van der Waals surface area contributed by atoms with Gasteiger partial charge in [-0.1, -0.05) is 60.6 Å². The van der Waals surface area contributed by atoms with E-state index in [4.69, 9.17) is 23.2 Å². The third kappa shape index (κ3) is 4.93. The van der Waals surface area contributed by atoms with Gasteiger partial charge in [-0.15, -0.1) is 0 Å². The zero-order valence-corrected chi connectivity index (χ0v) is 20.4. The second kappa shape index (κ2) is 9.60. The molecule has 170 valence electrons. The molecule has 0 N–H and O–H groups in total. The SMILES string of the molecule is C=c1c(-c2ccc(Cl)cc2)c(Cl)n(-c2cccc(N(C)C(=O)C=CCN(C)C3CC3)c2)c1=C. The van der Waals surface area contributed by atoms with Crippen LogP contribution in [-0.4, -0.2) is 42.1 Å². The summed E-state index contributed by atoms with van der Waals surface area (Å²) >= 11 is 12.9. The molecule has 1 aliphatic carbocycles. The molecule has 6 heteroatoms. The van der Waals surface area contributed by atoms with Gasteiger partial charge in [-0.3, -0.25) is 9.69 Å². The first kappa shape index (κ1) is 23.4. The Morgan fingerprint density at radius 1 is 1.12 bits per heavy atom. The summed E-state index contributed by atoms with van der Waals surface area (Å²) in [5.41, 5.74) is 3.31. The van der Waals surface area contributed by atoms with E-state index in [1.165, 1.54) is 12.8 Å². The lowest BCUT2D eigenvalue weighted by atomic mass is 10.1. The Morgan fingerprint density at radius 3 is 2.48 bits per heavy atom. The summed E-state index contributed by atoms with van der Waals surface area (Å²) in [4.78, 5) is 16.6. The van der Waals surface area contributed by atoms with E-state index < -0.39 is 0 Å². The van der Waals surface area contributed by atoms with Crippen LogP contribution in [0.15, 0.2) is 60.7 Å². The molecular weight excluding hydrogens is 453 g/mol. The molecule has 0 aliphatic heterocycles. The number of hydrogen-bond donors (Lipinski definition) is 0. The van der Waals surface area contributed by atoms with Crippen LogP contribution in [-0.2, 0) is 4.79 Å². The Bertz CT molecular complexity index is 1310. The van der Waals surface area contributed by atoms with Gasteiger partial charge in [0.2, 0.25) is 5.91 Å². The van der Waals surface area contributed by atoms with Crippen molar-refractivity contribution in [2.45, 2.75) is 18.9 Å². The van der Waals surface area contributed by atoms with Crippen LogP contribution in [0.1, 0.15) is 12.8 Å². The number of aromatic nitrogens is 1. The first-order chi connectivity index (χ1) is 15.8. The van der Waals surface area contributed by atoms with Crippen LogP contribution in [0.5, 0.6) is 0 Å². The number of likely N-dealkylation sites (N-methyl/N-ethyl adjacent to an activating group) is 2. The smallest absolute Gasteiger partial charge is 0.250 e. The van der Waals surface area contributed by atoms with Crippen molar-refractivity contribution in [1.29, 1.82) is 0 Å². The average Bonchev–Trinajstić information content (AvgIpc) is 3.62. The molecule has 2 aromatic carbocycles. The van der Waals surface area contributed by atoms with E-state index in [-0.39, 0.29) is 5.91 Å². The molecule has 0 saturated heterocycles. The maximum atomic E-state index is 12.7. The van der Waals surface area contributed by atoms with Gasteiger partial charge in [0.05, 0.1) is 0 Å². The topological polar surface area (TPSA) is 28.5 Å². The highest BCUT2D eigenvalue weighted by Crippen LogP contribution is 2.28. The Kier molecular flexibility index (Phi) is 6.80. The molecule has 4 rings (SSSR count). The fourth-order valence-corrected chi connectivity index (χ4v) is 4.43. The summed E-state index contributed by atoms with van der Waals surface area (Å²) in [5, 5.41) is 2.61. The molecule has 1 heterocycles. The summed E-state index contributed by atoms with van der Waals surface area (Å²) in [5.74, 6) is -0.0792. The van der Waals surface area contributed by atoms with Crippen molar-refractivity contribution >= 4 is 48.0 Å². The number of nitrogens with zero attached hydrogens (tertiary/aromatic N) is 3. The van der Waals surface area contributed by atoms with E-state index in [2.05, 4.69) is 25.1 Å². The zero-order chi connectivity index (χ0) is 23.7. The highest BCUT2D eigenvalue weighted by molar-refractivity contribution is 6.33. The monoisotopic (exact) mass is 479 g/mol. The third-order valence-corrected chi connectivity index (χ3v) is 6.70. The maximum Gasteiger partial charge on any atom is 0.250 e. The summed E-state index contributed by atoms with van der Waals surface area (Å²) in [6.45, 7) is 9.17. The van der Waals surface area contributed by atoms with Gasteiger partial charge < -0.3 is 9.47 Å². The molecule has 1 saturated carbocycles. The van der Waals surface area contributed by atoms with Gasteiger partial charge in [0.15, 0.2) is 0 Å². The number of benzene rings is 2. The first-order valence-electron chi connectivity index (χ1n) is 10.9. The van der Waals surface area contributed by atoms with E-state index in [1.54, 1.807) is 18.0 Å². The summed E-state index contributed by atoms with van der Waals surface area (Å²) in [6, 6.07) is 15.8. The highest BCUT2D eigenvalue weighted by Gasteiger charge is 2.25. The Hall–Kier alpha value is -2.79. The molecule has 1 aliphatic rings. The van der Waals surface area contributed by atoms with Gasteiger partial charge in [-0.05, 0) is 55.8 Å². The van der Waals surface area contributed by atoms with Crippen molar-refractivity contribution in [3.05, 3.63) is 81.4 Å². The molecule has 4 nitrogen and oxygen atoms in total. The fraction of sp³-hybridized carbons (Fsp3) is 0.222. The number of hydrogen-bond acceptors (Lipinski definition) is 2. The molecule has 0 atom stereocenters. The van der Waals surface area contributed by atoms with Crippen LogP contribution in [0.3, 0.4) is 0 Å². The Labute approximate surface area is 204 Å². The standard InChI is InChI=1S/C27H27Cl2N3O/c1-18-19(2)32(27(29)26(18)20-10-12-21(28)13-11-20)24-8-5-7-23(17-24)31(4)25(33)9-6-16-30(3)22-14-15-22/h5-13,17,22H,1-2,14-16H2,3-4H3. The van der Waals surface area contributed by atoms with Gasteiger partial charge in [0, 0.05) is 58.2 Å². The number of rotatable bonds is 7. The molecule has 0 unspecified atom stereocenters. The molecule has 1 aromatic heterocycles. The summed E-state index contributed by atoms with van der Waals surface area (Å²) < 4.78 is 1.86.